The number of anilines is 1. The van der Waals surface area contributed by atoms with Crippen molar-refractivity contribution >= 4 is 55.2 Å². The predicted octanol–water partition coefficient (Wildman–Crippen LogP) is 3.61. The van der Waals surface area contributed by atoms with Gasteiger partial charge in [0, 0.05) is 12.3 Å². The topological polar surface area (TPSA) is 42.0 Å². The largest absolute Gasteiger partial charge is 0.310 e. The van der Waals surface area contributed by atoms with E-state index in [1.165, 1.54) is 0 Å². The van der Waals surface area contributed by atoms with Crippen molar-refractivity contribution in [2.75, 3.05) is 5.32 Å². The Bertz CT molecular complexity index is 373. The quantitative estimate of drug-likeness (QED) is 0.841. The molecule has 1 unspecified atom stereocenters. The lowest BCUT2D eigenvalue weighted by molar-refractivity contribution is -0.115. The minimum atomic E-state index is -0.207. The Kier molecular flexibility index (Phi) is 5.02. The molecule has 1 amide bonds. The lowest BCUT2D eigenvalue weighted by atomic mass is 10.3. The molecular formula is C9H9Br2ClN2O. The number of halogens is 3. The summed E-state index contributed by atoms with van der Waals surface area (Å²) in [6, 6.07) is 1.60. The van der Waals surface area contributed by atoms with Gasteiger partial charge in [0.2, 0.25) is 5.91 Å². The first-order valence-electron chi connectivity index (χ1n) is 4.30. The maximum Gasteiger partial charge on any atom is 0.239 e. The zero-order valence-electron chi connectivity index (χ0n) is 7.93. The fourth-order valence-corrected chi connectivity index (χ4v) is 1.36. The highest BCUT2D eigenvalue weighted by atomic mass is 79.9. The van der Waals surface area contributed by atoms with Gasteiger partial charge in [0.25, 0.3) is 0 Å². The van der Waals surface area contributed by atoms with Gasteiger partial charge in [0.05, 0.1) is 14.3 Å². The SMILES string of the molecule is CCC(Br)C(=O)Nc1cc(Cl)c(Br)cn1. The van der Waals surface area contributed by atoms with Gasteiger partial charge in [-0.05, 0) is 22.4 Å². The summed E-state index contributed by atoms with van der Waals surface area (Å²) in [4.78, 5) is 15.3. The van der Waals surface area contributed by atoms with Crippen molar-refractivity contribution in [2.24, 2.45) is 0 Å². The number of pyridine rings is 1. The molecule has 0 bridgehead atoms. The monoisotopic (exact) mass is 354 g/mol. The van der Waals surface area contributed by atoms with Crippen LogP contribution >= 0.6 is 43.5 Å². The second-order valence-corrected chi connectivity index (χ2v) is 5.22. The summed E-state index contributed by atoms with van der Waals surface area (Å²) in [7, 11) is 0. The van der Waals surface area contributed by atoms with Gasteiger partial charge < -0.3 is 5.32 Å². The molecule has 3 nitrogen and oxygen atoms in total. The number of amides is 1. The molecule has 1 heterocycles. The Labute approximate surface area is 110 Å². The second kappa shape index (κ2) is 5.82. The van der Waals surface area contributed by atoms with Crippen molar-refractivity contribution in [2.45, 2.75) is 18.2 Å². The Morgan fingerprint density at radius 1 is 1.73 bits per heavy atom. The molecule has 1 rings (SSSR count). The van der Waals surface area contributed by atoms with Crippen molar-refractivity contribution in [1.82, 2.24) is 4.98 Å². The highest BCUT2D eigenvalue weighted by molar-refractivity contribution is 9.10. The third kappa shape index (κ3) is 3.74. The summed E-state index contributed by atoms with van der Waals surface area (Å²) in [5.41, 5.74) is 0. The van der Waals surface area contributed by atoms with E-state index in [0.29, 0.717) is 15.3 Å². The van der Waals surface area contributed by atoms with E-state index in [0.717, 1.165) is 6.42 Å². The number of rotatable bonds is 3. The Hall–Kier alpha value is -0.130. The second-order valence-electron chi connectivity index (χ2n) is 2.85. The predicted molar refractivity (Wildman–Crippen MR) is 68.6 cm³/mol. The first-order valence-corrected chi connectivity index (χ1v) is 6.39. The number of nitrogens with zero attached hydrogens (tertiary/aromatic N) is 1. The molecule has 82 valence electrons. The molecule has 0 aliphatic heterocycles. The summed E-state index contributed by atoms with van der Waals surface area (Å²) in [5.74, 6) is 0.328. The molecular weight excluding hydrogens is 347 g/mol. The van der Waals surface area contributed by atoms with Crippen LogP contribution in [0.3, 0.4) is 0 Å². The Morgan fingerprint density at radius 2 is 2.40 bits per heavy atom. The molecule has 0 saturated carbocycles. The van der Waals surface area contributed by atoms with Crippen LogP contribution in [0.15, 0.2) is 16.7 Å². The molecule has 0 aromatic carbocycles. The van der Waals surface area contributed by atoms with Gasteiger partial charge in [-0.3, -0.25) is 4.79 Å². The minimum Gasteiger partial charge on any atom is -0.310 e. The maximum atomic E-state index is 11.5. The van der Waals surface area contributed by atoms with Crippen LogP contribution in [0.1, 0.15) is 13.3 Å². The van der Waals surface area contributed by atoms with Crippen molar-refractivity contribution in [3.8, 4) is 0 Å². The van der Waals surface area contributed by atoms with Crippen molar-refractivity contribution < 1.29 is 4.79 Å². The van der Waals surface area contributed by atoms with E-state index in [-0.39, 0.29) is 10.7 Å². The van der Waals surface area contributed by atoms with Gasteiger partial charge in [-0.2, -0.15) is 0 Å². The van der Waals surface area contributed by atoms with E-state index >= 15 is 0 Å². The van der Waals surface area contributed by atoms with Crippen LogP contribution in [-0.4, -0.2) is 15.7 Å². The minimum absolute atomic E-state index is 0.122. The number of aromatic nitrogens is 1. The smallest absolute Gasteiger partial charge is 0.239 e. The van der Waals surface area contributed by atoms with Gasteiger partial charge in [0.15, 0.2) is 0 Å². The third-order valence-corrected chi connectivity index (χ3v) is 3.94. The molecule has 0 saturated heterocycles. The average Bonchev–Trinajstić information content (AvgIpc) is 2.22. The molecule has 1 aromatic rings. The van der Waals surface area contributed by atoms with Gasteiger partial charge in [0.1, 0.15) is 5.82 Å². The molecule has 0 aliphatic rings. The van der Waals surface area contributed by atoms with Crippen LogP contribution in [0.2, 0.25) is 5.02 Å². The molecule has 0 radical (unpaired) electrons. The molecule has 0 spiro atoms. The average molecular weight is 356 g/mol. The standard InChI is InChI=1S/C9H9Br2ClN2O/c1-2-5(10)9(15)14-8-3-7(12)6(11)4-13-8/h3-5H,2H2,1H3,(H,13,14,15). The fourth-order valence-electron chi connectivity index (χ4n) is 0.872. The Balaban J connectivity index is 2.73. The number of carbonyl (C=O) groups is 1. The highest BCUT2D eigenvalue weighted by Crippen LogP contribution is 2.23. The highest BCUT2D eigenvalue weighted by Gasteiger charge is 2.13. The van der Waals surface area contributed by atoms with Gasteiger partial charge >= 0.3 is 0 Å². The number of alkyl halides is 1. The first-order chi connectivity index (χ1) is 7.04. The summed E-state index contributed by atoms with van der Waals surface area (Å²) in [6.07, 6.45) is 2.27. The Morgan fingerprint density at radius 3 is 2.93 bits per heavy atom. The molecule has 1 N–H and O–H groups in total. The molecule has 1 aromatic heterocycles. The zero-order valence-corrected chi connectivity index (χ0v) is 11.9. The summed E-state index contributed by atoms with van der Waals surface area (Å²) in [6.45, 7) is 1.92. The van der Waals surface area contributed by atoms with Gasteiger partial charge in [-0.25, -0.2) is 4.98 Å². The summed E-state index contributed by atoms with van der Waals surface area (Å²) in [5, 5.41) is 3.18. The molecule has 0 aliphatic carbocycles. The van der Waals surface area contributed by atoms with Crippen LogP contribution in [-0.2, 0) is 4.79 Å². The molecule has 0 fully saturated rings. The van der Waals surface area contributed by atoms with Crippen LogP contribution in [0, 0.1) is 0 Å². The molecule has 6 heteroatoms. The lowest BCUT2D eigenvalue weighted by Gasteiger charge is -2.08. The van der Waals surface area contributed by atoms with E-state index < -0.39 is 0 Å². The molecule has 15 heavy (non-hydrogen) atoms. The van der Waals surface area contributed by atoms with Crippen LogP contribution < -0.4 is 5.32 Å². The van der Waals surface area contributed by atoms with Crippen molar-refractivity contribution in [3.05, 3.63) is 21.8 Å². The third-order valence-electron chi connectivity index (χ3n) is 1.70. The van der Waals surface area contributed by atoms with E-state index in [9.17, 15) is 4.79 Å². The fraction of sp³-hybridized carbons (Fsp3) is 0.333. The van der Waals surface area contributed by atoms with Crippen LogP contribution in [0.5, 0.6) is 0 Å². The number of nitrogens with one attached hydrogen (secondary N) is 1. The van der Waals surface area contributed by atoms with E-state index in [4.69, 9.17) is 11.6 Å². The van der Waals surface area contributed by atoms with Crippen LogP contribution in [0.4, 0.5) is 5.82 Å². The first kappa shape index (κ1) is 12.9. The number of hydrogen-bond donors (Lipinski definition) is 1. The van der Waals surface area contributed by atoms with Crippen molar-refractivity contribution in [3.63, 3.8) is 0 Å². The van der Waals surface area contributed by atoms with Crippen molar-refractivity contribution in [1.29, 1.82) is 0 Å². The zero-order chi connectivity index (χ0) is 11.4. The number of carbonyl (C=O) groups excluding carboxylic acids is 1. The summed E-state index contributed by atoms with van der Waals surface area (Å²) >= 11 is 12.3. The lowest BCUT2D eigenvalue weighted by Crippen LogP contribution is -2.22. The van der Waals surface area contributed by atoms with Gasteiger partial charge in [-0.1, -0.05) is 34.5 Å². The normalized spacial score (nSPS) is 12.3. The maximum absolute atomic E-state index is 11.5. The summed E-state index contributed by atoms with van der Waals surface area (Å²) < 4.78 is 0.702. The number of hydrogen-bond acceptors (Lipinski definition) is 2. The van der Waals surface area contributed by atoms with E-state index in [2.05, 4.69) is 42.2 Å². The van der Waals surface area contributed by atoms with E-state index in [1.807, 2.05) is 6.92 Å². The molecule has 1 atom stereocenters. The van der Waals surface area contributed by atoms with E-state index in [1.54, 1.807) is 12.3 Å². The van der Waals surface area contributed by atoms with Crippen LogP contribution in [0.25, 0.3) is 0 Å². The van der Waals surface area contributed by atoms with Gasteiger partial charge in [-0.15, -0.1) is 0 Å².